The molecule has 0 aromatic carbocycles. The molecule has 0 aromatic rings. The molecule has 0 unspecified atom stereocenters. The molecule has 0 spiro atoms. The van der Waals surface area contributed by atoms with E-state index in [0.29, 0.717) is 0 Å². The Balaban J connectivity index is 3.62. The Labute approximate surface area is 43.9 Å². The Hall–Kier alpha value is -0.645. The number of hydrogen-bond donors (Lipinski definition) is 1. The van der Waals surface area contributed by atoms with Crippen molar-refractivity contribution in [3.63, 3.8) is 0 Å². The van der Waals surface area contributed by atoms with Gasteiger partial charge in [-0.1, -0.05) is 0 Å². The maximum Gasteiger partial charge on any atom is 0.571 e. The van der Waals surface area contributed by atoms with Crippen molar-refractivity contribution in [1.29, 1.82) is 0 Å². The lowest BCUT2D eigenvalue weighted by Crippen LogP contribution is -1.93. The average Bonchev–Trinajstić information content (AvgIpc) is 1.67. The SMILES string of the molecule is O[B]OC(F)=C(F)F. The van der Waals surface area contributed by atoms with Gasteiger partial charge in [0.05, 0.1) is 0 Å². The fraction of sp³-hybridized carbons (Fsp3) is 0. The van der Waals surface area contributed by atoms with E-state index in [2.05, 4.69) is 4.65 Å². The van der Waals surface area contributed by atoms with Gasteiger partial charge in [-0.2, -0.15) is 13.2 Å². The van der Waals surface area contributed by atoms with Crippen LogP contribution < -0.4 is 0 Å². The summed E-state index contributed by atoms with van der Waals surface area (Å²) < 4.78 is 36.2. The van der Waals surface area contributed by atoms with Crippen LogP contribution in [0.4, 0.5) is 13.2 Å². The lowest BCUT2D eigenvalue weighted by molar-refractivity contribution is 0.226. The molecular weight excluding hydrogens is 124 g/mol. The maximum absolute atomic E-state index is 11.2. The molecule has 0 bridgehead atoms. The monoisotopic (exact) mass is 125 g/mol. The van der Waals surface area contributed by atoms with Gasteiger partial charge >= 0.3 is 19.8 Å². The molecule has 0 saturated heterocycles. The fourth-order valence-corrected chi connectivity index (χ4v) is 0.0908. The van der Waals surface area contributed by atoms with Crippen molar-refractivity contribution in [3.05, 3.63) is 12.1 Å². The first-order chi connectivity index (χ1) is 3.68. The maximum atomic E-state index is 11.2. The highest BCUT2D eigenvalue weighted by molar-refractivity contribution is 6.16. The predicted octanol–water partition coefficient (Wildman–Crippen LogP) is 0.565. The minimum atomic E-state index is -2.60. The topological polar surface area (TPSA) is 29.5 Å². The molecule has 0 aliphatic rings. The minimum Gasteiger partial charge on any atom is -0.512 e. The standard InChI is InChI=1S/C2HBF3O2/c4-1(5)2(6)8-3-7/h7H. The average molecular weight is 125 g/mol. The van der Waals surface area contributed by atoms with E-state index in [0.717, 1.165) is 0 Å². The van der Waals surface area contributed by atoms with Crippen LogP contribution in [0.25, 0.3) is 0 Å². The molecule has 6 heteroatoms. The normalized spacial score (nSPS) is 8.00. The second-order valence-electron chi connectivity index (χ2n) is 0.757. The van der Waals surface area contributed by atoms with Gasteiger partial charge in [0, 0.05) is 0 Å². The van der Waals surface area contributed by atoms with Gasteiger partial charge in [-0.05, 0) is 0 Å². The molecule has 0 aliphatic heterocycles. The summed E-state index contributed by atoms with van der Waals surface area (Å²) >= 11 is 0. The minimum absolute atomic E-state index is 0.172. The molecule has 1 N–H and O–H groups in total. The zero-order valence-electron chi connectivity index (χ0n) is 3.57. The quantitative estimate of drug-likeness (QED) is 0.431. The van der Waals surface area contributed by atoms with Crippen molar-refractivity contribution < 1.29 is 22.8 Å². The third kappa shape index (κ3) is 2.51. The number of rotatable bonds is 2. The van der Waals surface area contributed by atoms with Gasteiger partial charge in [0.1, 0.15) is 0 Å². The molecule has 45 valence electrons. The summed E-state index contributed by atoms with van der Waals surface area (Å²) in [7, 11) is -0.172. The van der Waals surface area contributed by atoms with Gasteiger partial charge in [0.25, 0.3) is 0 Å². The molecule has 0 saturated carbocycles. The van der Waals surface area contributed by atoms with Gasteiger partial charge in [-0.3, -0.25) is 0 Å². The molecule has 1 radical (unpaired) electrons. The second kappa shape index (κ2) is 3.37. The Morgan fingerprint density at radius 1 is 1.38 bits per heavy atom. The predicted molar refractivity (Wildman–Crippen MR) is 19.4 cm³/mol. The third-order valence-electron chi connectivity index (χ3n) is 0.305. The summed E-state index contributed by atoms with van der Waals surface area (Å²) in [6.45, 7) is 0. The van der Waals surface area contributed by atoms with Crippen LogP contribution in [0.3, 0.4) is 0 Å². The Bertz CT molecular complexity index is 99.5. The van der Waals surface area contributed by atoms with Crippen molar-refractivity contribution >= 4 is 7.69 Å². The van der Waals surface area contributed by atoms with Gasteiger partial charge in [0.2, 0.25) is 0 Å². The van der Waals surface area contributed by atoms with Gasteiger partial charge in [-0.25, -0.2) is 0 Å². The van der Waals surface area contributed by atoms with Crippen LogP contribution in [0.2, 0.25) is 0 Å². The van der Waals surface area contributed by atoms with Crippen LogP contribution in [0.1, 0.15) is 0 Å². The molecule has 0 rings (SSSR count). The van der Waals surface area contributed by atoms with Crippen molar-refractivity contribution in [2.75, 3.05) is 0 Å². The summed E-state index contributed by atoms with van der Waals surface area (Å²) in [4.78, 5) is 0. The number of halogens is 3. The first-order valence-electron chi connectivity index (χ1n) is 1.51. The second-order valence-corrected chi connectivity index (χ2v) is 0.757. The molecule has 0 aromatic heterocycles. The molecule has 0 aliphatic carbocycles. The zero-order valence-corrected chi connectivity index (χ0v) is 3.57. The third-order valence-corrected chi connectivity index (χ3v) is 0.305. The molecule has 0 fully saturated rings. The van der Waals surface area contributed by atoms with Crippen molar-refractivity contribution in [2.45, 2.75) is 0 Å². The van der Waals surface area contributed by atoms with Crippen LogP contribution in [-0.4, -0.2) is 12.7 Å². The van der Waals surface area contributed by atoms with Gasteiger partial charge < -0.3 is 9.68 Å². The van der Waals surface area contributed by atoms with Crippen molar-refractivity contribution in [1.82, 2.24) is 0 Å². The first kappa shape index (κ1) is 7.35. The van der Waals surface area contributed by atoms with E-state index in [1.807, 2.05) is 0 Å². The lowest BCUT2D eigenvalue weighted by Gasteiger charge is -1.90. The zero-order chi connectivity index (χ0) is 6.57. The lowest BCUT2D eigenvalue weighted by atomic mass is 10.4. The van der Waals surface area contributed by atoms with Gasteiger partial charge in [0.15, 0.2) is 0 Å². The van der Waals surface area contributed by atoms with Crippen molar-refractivity contribution in [2.24, 2.45) is 0 Å². The Morgan fingerprint density at radius 3 is 2.00 bits per heavy atom. The molecule has 8 heavy (non-hydrogen) atoms. The summed E-state index contributed by atoms with van der Waals surface area (Å²) in [6, 6.07) is -2.09. The fourth-order valence-electron chi connectivity index (χ4n) is 0.0908. The first-order valence-corrected chi connectivity index (χ1v) is 1.51. The van der Waals surface area contributed by atoms with Crippen LogP contribution in [0.5, 0.6) is 0 Å². The molecule has 0 amide bonds. The largest absolute Gasteiger partial charge is 0.571 e. The molecule has 0 atom stereocenters. The van der Waals surface area contributed by atoms with E-state index in [1.54, 1.807) is 0 Å². The van der Waals surface area contributed by atoms with Crippen LogP contribution in [0.15, 0.2) is 12.1 Å². The van der Waals surface area contributed by atoms with E-state index >= 15 is 0 Å². The molecule has 2 nitrogen and oxygen atoms in total. The molecular formula is C2HBF3O2. The highest BCUT2D eigenvalue weighted by Gasteiger charge is 2.04. The van der Waals surface area contributed by atoms with E-state index in [9.17, 15) is 13.2 Å². The van der Waals surface area contributed by atoms with Crippen LogP contribution in [-0.2, 0) is 4.65 Å². The van der Waals surface area contributed by atoms with E-state index < -0.39 is 12.1 Å². The highest BCUT2D eigenvalue weighted by atomic mass is 19.3. The van der Waals surface area contributed by atoms with E-state index in [-0.39, 0.29) is 7.69 Å². The van der Waals surface area contributed by atoms with Crippen molar-refractivity contribution in [3.8, 4) is 0 Å². The van der Waals surface area contributed by atoms with Crippen LogP contribution in [0, 0.1) is 0 Å². The van der Waals surface area contributed by atoms with Crippen LogP contribution >= 0.6 is 0 Å². The van der Waals surface area contributed by atoms with E-state index in [1.165, 1.54) is 0 Å². The summed E-state index contributed by atoms with van der Waals surface area (Å²) in [5, 5.41) is 7.53. The molecule has 0 heterocycles. The Morgan fingerprint density at radius 2 is 1.88 bits per heavy atom. The highest BCUT2D eigenvalue weighted by Crippen LogP contribution is 2.08. The summed E-state index contributed by atoms with van der Waals surface area (Å²) in [5.41, 5.74) is 0. The summed E-state index contributed by atoms with van der Waals surface area (Å²) in [5.74, 6) is 0. The summed E-state index contributed by atoms with van der Waals surface area (Å²) in [6.07, 6.45) is -2.60. The Kier molecular flexibility index (Phi) is 3.10. The smallest absolute Gasteiger partial charge is 0.512 e. The van der Waals surface area contributed by atoms with Gasteiger partial charge in [-0.15, -0.1) is 0 Å². The van der Waals surface area contributed by atoms with E-state index in [4.69, 9.17) is 5.02 Å². The number of hydrogen-bond acceptors (Lipinski definition) is 2.